The molecule has 1 aromatic rings. The summed E-state index contributed by atoms with van der Waals surface area (Å²) < 4.78 is 1.79. The summed E-state index contributed by atoms with van der Waals surface area (Å²) in [4.78, 5) is 14.2. The summed E-state index contributed by atoms with van der Waals surface area (Å²) in [6.07, 6.45) is 10.1. The molecule has 2 heterocycles. The molecule has 0 N–H and O–H groups in total. The van der Waals surface area contributed by atoms with Gasteiger partial charge in [-0.15, -0.1) is 0 Å². The summed E-state index contributed by atoms with van der Waals surface area (Å²) >= 11 is 0. The molecule has 116 valence electrons. The molecule has 0 bridgehead atoms. The van der Waals surface area contributed by atoms with Crippen molar-refractivity contribution in [1.29, 1.82) is 0 Å². The van der Waals surface area contributed by atoms with Crippen LogP contribution >= 0.6 is 0 Å². The van der Waals surface area contributed by atoms with E-state index in [2.05, 4.69) is 31.9 Å². The molecule has 1 aromatic heterocycles. The van der Waals surface area contributed by atoms with Crippen LogP contribution in [0.5, 0.6) is 0 Å². The lowest BCUT2D eigenvalue weighted by Crippen LogP contribution is -2.44. The second-order valence-electron chi connectivity index (χ2n) is 6.90. The maximum Gasteiger partial charge on any atom is 0.222 e. The minimum Gasteiger partial charge on any atom is -0.338 e. The summed E-state index contributed by atoms with van der Waals surface area (Å²) in [7, 11) is 1.91. The maximum atomic E-state index is 12.2. The first kappa shape index (κ1) is 15.8. The number of aromatic nitrogens is 2. The van der Waals surface area contributed by atoms with Crippen LogP contribution in [0.2, 0.25) is 0 Å². The molecule has 1 aliphatic rings. The van der Waals surface area contributed by atoms with Crippen LogP contribution in [0.4, 0.5) is 0 Å². The lowest BCUT2D eigenvalue weighted by Gasteiger charge is -2.40. The zero-order chi connectivity index (χ0) is 15.5. The smallest absolute Gasteiger partial charge is 0.222 e. The summed E-state index contributed by atoms with van der Waals surface area (Å²) in [5.74, 6) is 0.276. The molecule has 0 aliphatic carbocycles. The van der Waals surface area contributed by atoms with Crippen molar-refractivity contribution in [3.05, 3.63) is 29.6 Å². The van der Waals surface area contributed by atoms with E-state index in [-0.39, 0.29) is 11.3 Å². The normalized spacial score (nSPS) is 22.5. The molecule has 1 atom stereocenters. The Balaban J connectivity index is 1.97. The molecule has 1 saturated heterocycles. The Kier molecular flexibility index (Phi) is 4.86. The lowest BCUT2D eigenvalue weighted by molar-refractivity contribution is -0.138. The molecular weight excluding hydrogens is 262 g/mol. The summed E-state index contributed by atoms with van der Waals surface area (Å²) in [5, 5.41) is 4.18. The third-order valence-electron chi connectivity index (χ3n) is 4.30. The molecule has 1 amide bonds. The van der Waals surface area contributed by atoms with Crippen LogP contribution in [0.3, 0.4) is 0 Å². The number of hydrogen-bond donors (Lipinski definition) is 0. The Morgan fingerprint density at radius 1 is 1.48 bits per heavy atom. The fraction of sp³-hybridized carbons (Fsp3) is 0.647. The van der Waals surface area contributed by atoms with Gasteiger partial charge in [0.15, 0.2) is 0 Å². The number of nitrogens with zero attached hydrogens (tertiary/aromatic N) is 3. The van der Waals surface area contributed by atoms with E-state index in [4.69, 9.17) is 0 Å². The second kappa shape index (κ2) is 6.46. The van der Waals surface area contributed by atoms with Crippen LogP contribution in [-0.4, -0.2) is 27.1 Å². The van der Waals surface area contributed by atoms with E-state index in [1.54, 1.807) is 4.68 Å². The van der Waals surface area contributed by atoms with E-state index < -0.39 is 0 Å². The van der Waals surface area contributed by atoms with Crippen LogP contribution in [0, 0.1) is 5.41 Å². The number of rotatable bonds is 5. The van der Waals surface area contributed by atoms with Gasteiger partial charge in [-0.25, -0.2) is 0 Å². The van der Waals surface area contributed by atoms with Gasteiger partial charge in [-0.05, 0) is 38.5 Å². The average Bonchev–Trinajstić information content (AvgIpc) is 2.79. The average molecular weight is 289 g/mol. The predicted molar refractivity (Wildman–Crippen MR) is 84.6 cm³/mol. The quantitative estimate of drug-likeness (QED) is 0.780. The van der Waals surface area contributed by atoms with Crippen molar-refractivity contribution >= 4 is 5.91 Å². The zero-order valence-electron chi connectivity index (χ0n) is 13.7. The van der Waals surface area contributed by atoms with Gasteiger partial charge in [0.2, 0.25) is 5.91 Å². The van der Waals surface area contributed by atoms with Gasteiger partial charge in [0.05, 0.1) is 6.20 Å². The largest absolute Gasteiger partial charge is 0.338 e. The van der Waals surface area contributed by atoms with Gasteiger partial charge < -0.3 is 4.90 Å². The number of amides is 1. The van der Waals surface area contributed by atoms with Gasteiger partial charge in [0.1, 0.15) is 0 Å². The number of carbonyl (C=O) groups excluding carboxylic acids is 1. The van der Waals surface area contributed by atoms with Gasteiger partial charge in [0.25, 0.3) is 0 Å². The summed E-state index contributed by atoms with van der Waals surface area (Å²) in [6.45, 7) is 8.14. The fourth-order valence-electron chi connectivity index (χ4n) is 3.03. The first-order chi connectivity index (χ1) is 9.88. The van der Waals surface area contributed by atoms with Gasteiger partial charge in [-0.2, -0.15) is 5.10 Å². The van der Waals surface area contributed by atoms with Crippen LogP contribution in [-0.2, 0) is 18.4 Å². The van der Waals surface area contributed by atoms with Crippen molar-refractivity contribution in [3.8, 4) is 0 Å². The molecule has 1 unspecified atom stereocenters. The van der Waals surface area contributed by atoms with Crippen LogP contribution in [0.25, 0.3) is 0 Å². The van der Waals surface area contributed by atoms with E-state index in [0.717, 1.165) is 31.4 Å². The molecular formula is C17H27N3O. The van der Waals surface area contributed by atoms with Gasteiger partial charge in [-0.1, -0.05) is 18.6 Å². The topological polar surface area (TPSA) is 38.1 Å². The van der Waals surface area contributed by atoms with Crippen LogP contribution in [0.15, 0.2) is 24.0 Å². The molecule has 1 fully saturated rings. The Labute approximate surface area is 127 Å². The van der Waals surface area contributed by atoms with Crippen molar-refractivity contribution in [2.45, 2.75) is 53.0 Å². The minimum absolute atomic E-state index is 0.238. The summed E-state index contributed by atoms with van der Waals surface area (Å²) in [6, 6.07) is 0. The standard InChI is InChI=1S/C17H27N3O/c1-14(2)6-5-8-17(3)9-7-16(21)20(13-17)12-15-10-18-19(4)11-15/h6,10-11H,5,7-9,12-13H2,1-4H3. The molecule has 0 radical (unpaired) electrons. The third kappa shape index (κ3) is 4.45. The molecule has 4 nitrogen and oxygen atoms in total. The van der Waals surface area contributed by atoms with Gasteiger partial charge in [-0.3, -0.25) is 9.48 Å². The van der Waals surface area contributed by atoms with Gasteiger partial charge in [0, 0.05) is 38.3 Å². The molecule has 0 aromatic carbocycles. The Morgan fingerprint density at radius 2 is 2.24 bits per heavy atom. The fourth-order valence-corrected chi connectivity index (χ4v) is 3.03. The number of carbonyl (C=O) groups is 1. The summed E-state index contributed by atoms with van der Waals surface area (Å²) in [5.41, 5.74) is 2.72. The molecule has 0 spiro atoms. The Bertz CT molecular complexity index is 528. The van der Waals surface area contributed by atoms with Crippen molar-refractivity contribution in [3.63, 3.8) is 0 Å². The van der Waals surface area contributed by atoms with Gasteiger partial charge >= 0.3 is 0 Å². The Hall–Kier alpha value is -1.58. The predicted octanol–water partition coefficient (Wildman–Crippen LogP) is 3.30. The van der Waals surface area contributed by atoms with E-state index in [1.165, 1.54) is 5.57 Å². The molecule has 1 aliphatic heterocycles. The highest BCUT2D eigenvalue weighted by molar-refractivity contribution is 5.77. The van der Waals surface area contributed by atoms with Crippen LogP contribution in [0.1, 0.15) is 52.0 Å². The zero-order valence-corrected chi connectivity index (χ0v) is 13.7. The first-order valence-corrected chi connectivity index (χ1v) is 7.77. The first-order valence-electron chi connectivity index (χ1n) is 7.77. The number of allylic oxidation sites excluding steroid dienone is 2. The molecule has 0 saturated carbocycles. The van der Waals surface area contributed by atoms with Crippen molar-refractivity contribution in [2.24, 2.45) is 12.5 Å². The molecule has 4 heteroatoms. The molecule has 2 rings (SSSR count). The molecule has 21 heavy (non-hydrogen) atoms. The van der Waals surface area contributed by atoms with E-state index in [0.29, 0.717) is 13.0 Å². The van der Waals surface area contributed by atoms with E-state index in [1.807, 2.05) is 24.3 Å². The highest BCUT2D eigenvalue weighted by Gasteiger charge is 2.34. The highest BCUT2D eigenvalue weighted by Crippen LogP contribution is 2.35. The van der Waals surface area contributed by atoms with E-state index in [9.17, 15) is 4.79 Å². The highest BCUT2D eigenvalue weighted by atomic mass is 16.2. The van der Waals surface area contributed by atoms with Crippen LogP contribution < -0.4 is 0 Å². The van der Waals surface area contributed by atoms with Crippen molar-refractivity contribution in [2.75, 3.05) is 6.54 Å². The number of piperidine rings is 1. The second-order valence-corrected chi connectivity index (χ2v) is 6.90. The number of likely N-dealkylation sites (tertiary alicyclic amines) is 1. The SMILES string of the molecule is CC(C)=CCCC1(C)CCC(=O)N(Cc2cnn(C)c2)C1. The van der Waals surface area contributed by atoms with Crippen molar-refractivity contribution in [1.82, 2.24) is 14.7 Å². The lowest BCUT2D eigenvalue weighted by atomic mass is 9.77. The van der Waals surface area contributed by atoms with Crippen molar-refractivity contribution < 1.29 is 4.79 Å². The minimum atomic E-state index is 0.238. The number of hydrogen-bond acceptors (Lipinski definition) is 2. The van der Waals surface area contributed by atoms with E-state index >= 15 is 0 Å². The number of aryl methyl sites for hydroxylation is 1. The monoisotopic (exact) mass is 289 g/mol. The third-order valence-corrected chi connectivity index (χ3v) is 4.30. The maximum absolute atomic E-state index is 12.2. The Morgan fingerprint density at radius 3 is 2.86 bits per heavy atom.